The minimum Gasteiger partial charge on any atom is -0.368 e. The summed E-state index contributed by atoms with van der Waals surface area (Å²) in [7, 11) is 0. The number of nitrogens with one attached hydrogen (secondary N) is 1. The van der Waals surface area contributed by atoms with Crippen molar-refractivity contribution >= 4 is 23.2 Å². The number of amides is 2. The first kappa shape index (κ1) is 18.5. The third-order valence-electron chi connectivity index (χ3n) is 5.93. The topological polar surface area (TPSA) is 52.7 Å². The van der Waals surface area contributed by atoms with Crippen LogP contribution in [0.5, 0.6) is 0 Å². The van der Waals surface area contributed by atoms with Crippen LogP contribution in [0.1, 0.15) is 25.3 Å². The predicted molar refractivity (Wildman–Crippen MR) is 111 cm³/mol. The molecule has 4 rings (SSSR count). The average molecular weight is 377 g/mol. The predicted octanol–water partition coefficient (Wildman–Crippen LogP) is 3.32. The van der Waals surface area contributed by atoms with E-state index in [4.69, 9.17) is 0 Å². The number of piperazine rings is 1. The van der Waals surface area contributed by atoms with E-state index in [9.17, 15) is 9.59 Å². The minimum absolute atomic E-state index is 0.00769. The first-order valence-electron chi connectivity index (χ1n) is 10.1. The Hall–Kier alpha value is -2.82. The third kappa shape index (κ3) is 3.49. The lowest BCUT2D eigenvalue weighted by Crippen LogP contribution is -2.52. The SMILES string of the molecule is CCc1ccccc1NC(=O)C1(C(=O)N2CCN(c3ccccc3)CC2)CC1. The van der Waals surface area contributed by atoms with Crippen molar-refractivity contribution in [3.8, 4) is 0 Å². The third-order valence-corrected chi connectivity index (χ3v) is 5.93. The number of para-hydroxylation sites is 2. The molecule has 0 aromatic heterocycles. The van der Waals surface area contributed by atoms with Crippen LogP contribution in [0.2, 0.25) is 0 Å². The van der Waals surface area contributed by atoms with E-state index in [0.717, 1.165) is 30.8 Å². The number of nitrogens with zero attached hydrogens (tertiary/aromatic N) is 2. The van der Waals surface area contributed by atoms with E-state index in [-0.39, 0.29) is 11.8 Å². The van der Waals surface area contributed by atoms with Crippen LogP contribution in [-0.2, 0) is 16.0 Å². The maximum absolute atomic E-state index is 13.2. The van der Waals surface area contributed by atoms with Crippen LogP contribution in [-0.4, -0.2) is 42.9 Å². The molecule has 1 aliphatic heterocycles. The van der Waals surface area contributed by atoms with E-state index in [1.807, 2.05) is 47.4 Å². The van der Waals surface area contributed by atoms with Crippen LogP contribution in [0, 0.1) is 5.41 Å². The molecular weight excluding hydrogens is 350 g/mol. The highest BCUT2D eigenvalue weighted by Gasteiger charge is 2.58. The zero-order chi connectivity index (χ0) is 19.6. The van der Waals surface area contributed by atoms with Crippen molar-refractivity contribution in [2.24, 2.45) is 5.41 Å². The second kappa shape index (κ2) is 7.66. The van der Waals surface area contributed by atoms with Gasteiger partial charge < -0.3 is 15.1 Å². The molecule has 5 heteroatoms. The van der Waals surface area contributed by atoms with Gasteiger partial charge in [-0.1, -0.05) is 43.3 Å². The van der Waals surface area contributed by atoms with Crippen LogP contribution in [0.15, 0.2) is 54.6 Å². The second-order valence-electron chi connectivity index (χ2n) is 7.66. The first-order chi connectivity index (χ1) is 13.6. The van der Waals surface area contributed by atoms with Crippen LogP contribution >= 0.6 is 0 Å². The molecule has 28 heavy (non-hydrogen) atoms. The number of anilines is 2. The van der Waals surface area contributed by atoms with Gasteiger partial charge >= 0.3 is 0 Å². The summed E-state index contributed by atoms with van der Waals surface area (Å²) in [5.74, 6) is -0.157. The van der Waals surface area contributed by atoms with E-state index in [2.05, 4.69) is 29.3 Å². The summed E-state index contributed by atoms with van der Waals surface area (Å²) in [6.45, 7) is 4.98. The molecule has 1 saturated heterocycles. The van der Waals surface area contributed by atoms with Gasteiger partial charge in [-0.15, -0.1) is 0 Å². The van der Waals surface area contributed by atoms with E-state index in [0.29, 0.717) is 25.9 Å². The van der Waals surface area contributed by atoms with Crippen molar-refractivity contribution in [1.29, 1.82) is 0 Å². The number of benzene rings is 2. The molecule has 0 spiro atoms. The van der Waals surface area contributed by atoms with Gasteiger partial charge in [-0.05, 0) is 43.0 Å². The van der Waals surface area contributed by atoms with Crippen molar-refractivity contribution in [2.45, 2.75) is 26.2 Å². The zero-order valence-corrected chi connectivity index (χ0v) is 16.4. The number of hydrogen-bond donors (Lipinski definition) is 1. The van der Waals surface area contributed by atoms with Crippen LogP contribution in [0.3, 0.4) is 0 Å². The fourth-order valence-corrected chi connectivity index (χ4v) is 3.96. The van der Waals surface area contributed by atoms with Gasteiger partial charge in [-0.3, -0.25) is 9.59 Å². The first-order valence-corrected chi connectivity index (χ1v) is 10.1. The van der Waals surface area contributed by atoms with Crippen molar-refractivity contribution < 1.29 is 9.59 Å². The van der Waals surface area contributed by atoms with E-state index < -0.39 is 5.41 Å². The van der Waals surface area contributed by atoms with Gasteiger partial charge in [0.1, 0.15) is 5.41 Å². The van der Waals surface area contributed by atoms with Crippen LogP contribution < -0.4 is 10.2 Å². The van der Waals surface area contributed by atoms with Gasteiger partial charge in [0.15, 0.2) is 0 Å². The number of carbonyl (C=O) groups excluding carboxylic acids is 2. The van der Waals surface area contributed by atoms with Gasteiger partial charge in [0.2, 0.25) is 11.8 Å². The molecule has 146 valence electrons. The lowest BCUT2D eigenvalue weighted by molar-refractivity contribution is -0.142. The summed E-state index contributed by atoms with van der Waals surface area (Å²) in [4.78, 5) is 30.3. The molecule has 2 aromatic rings. The second-order valence-corrected chi connectivity index (χ2v) is 7.66. The standard InChI is InChI=1S/C23H27N3O2/c1-2-18-8-6-7-11-20(18)24-21(27)23(12-13-23)22(28)26-16-14-25(15-17-26)19-9-4-3-5-10-19/h3-11H,2,12-17H2,1H3,(H,24,27). The lowest BCUT2D eigenvalue weighted by Gasteiger charge is -2.37. The van der Waals surface area contributed by atoms with Crippen molar-refractivity contribution in [3.63, 3.8) is 0 Å². The number of rotatable bonds is 5. The van der Waals surface area contributed by atoms with Gasteiger partial charge in [-0.25, -0.2) is 0 Å². The molecule has 2 aromatic carbocycles. The molecule has 0 atom stereocenters. The zero-order valence-electron chi connectivity index (χ0n) is 16.4. The molecule has 2 fully saturated rings. The molecule has 0 radical (unpaired) electrons. The molecule has 1 heterocycles. The van der Waals surface area contributed by atoms with E-state index in [1.165, 1.54) is 5.69 Å². The van der Waals surface area contributed by atoms with Crippen LogP contribution in [0.4, 0.5) is 11.4 Å². The summed E-state index contributed by atoms with van der Waals surface area (Å²) >= 11 is 0. The maximum atomic E-state index is 13.2. The van der Waals surface area contributed by atoms with Crippen molar-refractivity contribution in [3.05, 3.63) is 60.2 Å². The Morgan fingerprint density at radius 1 is 0.929 bits per heavy atom. The highest BCUT2D eigenvalue weighted by molar-refractivity contribution is 6.13. The molecular formula is C23H27N3O2. The van der Waals surface area contributed by atoms with E-state index >= 15 is 0 Å². The summed E-state index contributed by atoms with van der Waals surface area (Å²) < 4.78 is 0. The maximum Gasteiger partial charge on any atom is 0.240 e. The fraction of sp³-hybridized carbons (Fsp3) is 0.391. The molecule has 2 aliphatic rings. The van der Waals surface area contributed by atoms with Crippen LogP contribution in [0.25, 0.3) is 0 Å². The molecule has 1 aliphatic carbocycles. The Bertz CT molecular complexity index is 853. The van der Waals surface area contributed by atoms with Gasteiger partial charge in [-0.2, -0.15) is 0 Å². The van der Waals surface area contributed by atoms with Gasteiger partial charge in [0.25, 0.3) is 0 Å². The number of aryl methyl sites for hydroxylation is 1. The summed E-state index contributed by atoms with van der Waals surface area (Å²) in [6.07, 6.45) is 2.13. The molecule has 1 saturated carbocycles. The van der Waals surface area contributed by atoms with Gasteiger partial charge in [0.05, 0.1) is 0 Å². The quantitative estimate of drug-likeness (QED) is 0.814. The molecule has 0 bridgehead atoms. The Balaban J connectivity index is 1.40. The van der Waals surface area contributed by atoms with E-state index in [1.54, 1.807) is 0 Å². The molecule has 5 nitrogen and oxygen atoms in total. The largest absolute Gasteiger partial charge is 0.368 e. The van der Waals surface area contributed by atoms with Crippen molar-refractivity contribution in [1.82, 2.24) is 4.90 Å². The Kier molecular flexibility index (Phi) is 5.07. The summed E-state index contributed by atoms with van der Waals surface area (Å²) in [6, 6.07) is 18.1. The number of carbonyl (C=O) groups is 2. The smallest absolute Gasteiger partial charge is 0.240 e. The lowest BCUT2D eigenvalue weighted by atomic mass is 10.0. The highest BCUT2D eigenvalue weighted by Crippen LogP contribution is 2.48. The summed E-state index contributed by atoms with van der Waals surface area (Å²) in [5, 5.41) is 3.02. The Morgan fingerprint density at radius 3 is 2.21 bits per heavy atom. The Labute approximate surface area is 166 Å². The Morgan fingerprint density at radius 2 is 1.57 bits per heavy atom. The summed E-state index contributed by atoms with van der Waals surface area (Å²) in [5.41, 5.74) is 2.23. The normalized spacial score (nSPS) is 17.9. The molecule has 2 amide bonds. The van der Waals surface area contributed by atoms with Crippen molar-refractivity contribution in [2.75, 3.05) is 36.4 Å². The minimum atomic E-state index is -0.865. The molecule has 1 N–H and O–H groups in total. The van der Waals surface area contributed by atoms with Gasteiger partial charge in [0, 0.05) is 37.6 Å². The molecule has 0 unspecified atom stereocenters. The monoisotopic (exact) mass is 377 g/mol. The highest BCUT2D eigenvalue weighted by atomic mass is 16.2. The number of hydrogen-bond acceptors (Lipinski definition) is 3. The fourth-order valence-electron chi connectivity index (χ4n) is 3.96. The average Bonchev–Trinajstić information content (AvgIpc) is 3.56.